The maximum atomic E-state index is 11.6. The number of amides is 2. The van der Waals surface area contributed by atoms with Gasteiger partial charge in [-0.25, -0.2) is 0 Å². The van der Waals surface area contributed by atoms with Crippen LogP contribution in [0.2, 0.25) is 0 Å². The molecule has 16 heavy (non-hydrogen) atoms. The molecule has 0 aliphatic carbocycles. The normalized spacial score (nSPS) is 20.6. The second-order valence-corrected chi connectivity index (χ2v) is 3.78. The molecule has 1 aromatic heterocycles. The number of nitrogens with zero attached hydrogens (tertiary/aromatic N) is 2. The number of carbonyl (C=O) groups excluding carboxylic acids is 2. The van der Waals surface area contributed by atoms with E-state index in [1.54, 1.807) is 12.4 Å². The van der Waals surface area contributed by atoms with Crippen molar-refractivity contribution in [2.75, 3.05) is 7.05 Å². The molecule has 5 heteroatoms. The van der Waals surface area contributed by atoms with Crippen molar-refractivity contribution in [2.45, 2.75) is 19.0 Å². The summed E-state index contributed by atoms with van der Waals surface area (Å²) in [5.74, 6) is -0.281. The average Bonchev–Trinajstić information content (AvgIpc) is 2.56. The second kappa shape index (κ2) is 4.40. The van der Waals surface area contributed by atoms with Gasteiger partial charge in [-0.15, -0.1) is 0 Å². The third-order valence-corrected chi connectivity index (χ3v) is 2.68. The maximum Gasteiger partial charge on any atom is 0.246 e. The number of hydrogen-bond acceptors (Lipinski definition) is 4. The number of pyridine rings is 1. The third kappa shape index (κ3) is 2.09. The molecule has 1 saturated heterocycles. The summed E-state index contributed by atoms with van der Waals surface area (Å²) in [5.41, 5.74) is 1.05. The van der Waals surface area contributed by atoms with Crippen molar-refractivity contribution in [3.63, 3.8) is 0 Å². The fourth-order valence-electron chi connectivity index (χ4n) is 1.66. The lowest BCUT2D eigenvalue weighted by Gasteiger charge is -2.10. The fraction of sp³-hybridized carbons (Fsp3) is 0.364. The Labute approximate surface area is 93.5 Å². The summed E-state index contributed by atoms with van der Waals surface area (Å²) in [6.45, 7) is 0.569. The number of imide groups is 1. The van der Waals surface area contributed by atoms with Crippen LogP contribution in [0.15, 0.2) is 24.5 Å². The first-order chi connectivity index (χ1) is 7.68. The van der Waals surface area contributed by atoms with E-state index in [-0.39, 0.29) is 24.3 Å². The highest BCUT2D eigenvalue weighted by Gasteiger charge is 2.35. The zero-order chi connectivity index (χ0) is 11.5. The summed E-state index contributed by atoms with van der Waals surface area (Å²) >= 11 is 0. The lowest BCUT2D eigenvalue weighted by molar-refractivity contribution is -0.137. The van der Waals surface area contributed by atoms with Crippen LogP contribution in [0.1, 0.15) is 12.0 Å². The molecule has 1 aliphatic heterocycles. The zero-order valence-electron chi connectivity index (χ0n) is 9.01. The number of rotatable bonds is 3. The van der Waals surface area contributed by atoms with E-state index in [9.17, 15) is 9.59 Å². The molecule has 5 nitrogen and oxygen atoms in total. The van der Waals surface area contributed by atoms with Gasteiger partial charge in [0.25, 0.3) is 0 Å². The van der Waals surface area contributed by atoms with Gasteiger partial charge in [0.05, 0.1) is 12.5 Å². The molecule has 0 aromatic carbocycles. The number of likely N-dealkylation sites (tertiary alicyclic amines) is 1. The lowest BCUT2D eigenvalue weighted by atomic mass is 10.2. The highest BCUT2D eigenvalue weighted by molar-refractivity contribution is 6.05. The maximum absolute atomic E-state index is 11.6. The summed E-state index contributed by atoms with van der Waals surface area (Å²) in [6.07, 6.45) is 3.65. The van der Waals surface area contributed by atoms with Gasteiger partial charge < -0.3 is 5.32 Å². The van der Waals surface area contributed by atoms with E-state index in [1.165, 1.54) is 11.9 Å². The van der Waals surface area contributed by atoms with E-state index in [4.69, 9.17) is 0 Å². The predicted octanol–water partition coefficient (Wildman–Crippen LogP) is -0.0715. The average molecular weight is 219 g/mol. The minimum atomic E-state index is -0.384. The van der Waals surface area contributed by atoms with E-state index in [2.05, 4.69) is 10.3 Å². The van der Waals surface area contributed by atoms with E-state index in [0.717, 1.165) is 5.56 Å². The highest BCUT2D eigenvalue weighted by Crippen LogP contribution is 2.11. The molecule has 2 heterocycles. The molecule has 2 amide bonds. The van der Waals surface area contributed by atoms with Crippen molar-refractivity contribution >= 4 is 11.8 Å². The van der Waals surface area contributed by atoms with E-state index >= 15 is 0 Å². The quantitative estimate of drug-likeness (QED) is 0.723. The van der Waals surface area contributed by atoms with Gasteiger partial charge in [-0.05, 0) is 17.7 Å². The molecule has 0 radical (unpaired) electrons. The molecule has 0 bridgehead atoms. The Hall–Kier alpha value is -1.75. The number of aromatic nitrogens is 1. The van der Waals surface area contributed by atoms with E-state index in [1.807, 2.05) is 12.1 Å². The van der Waals surface area contributed by atoms with Crippen LogP contribution in [0.3, 0.4) is 0 Å². The molecule has 0 spiro atoms. The summed E-state index contributed by atoms with van der Waals surface area (Å²) in [5, 5.41) is 3.07. The van der Waals surface area contributed by atoms with Crippen LogP contribution in [-0.2, 0) is 16.1 Å². The number of hydrogen-bond donors (Lipinski definition) is 1. The second-order valence-electron chi connectivity index (χ2n) is 3.78. The van der Waals surface area contributed by atoms with Gasteiger partial charge in [-0.2, -0.15) is 0 Å². The van der Waals surface area contributed by atoms with Crippen molar-refractivity contribution in [1.29, 1.82) is 0 Å². The first-order valence-corrected chi connectivity index (χ1v) is 5.11. The first kappa shape index (κ1) is 10.8. The van der Waals surface area contributed by atoms with Gasteiger partial charge in [0.1, 0.15) is 0 Å². The van der Waals surface area contributed by atoms with Crippen LogP contribution in [0.25, 0.3) is 0 Å². The largest absolute Gasteiger partial charge is 0.301 e. The van der Waals surface area contributed by atoms with Crippen LogP contribution >= 0.6 is 0 Å². The zero-order valence-corrected chi connectivity index (χ0v) is 9.01. The molecule has 1 aliphatic rings. The smallest absolute Gasteiger partial charge is 0.246 e. The van der Waals surface area contributed by atoms with Crippen LogP contribution in [-0.4, -0.2) is 34.8 Å². The molecule has 0 saturated carbocycles. The topological polar surface area (TPSA) is 62.3 Å². The highest BCUT2D eigenvalue weighted by atomic mass is 16.2. The Bertz CT molecular complexity index is 405. The predicted molar refractivity (Wildman–Crippen MR) is 57.3 cm³/mol. The molecular formula is C11H13N3O2. The molecular weight excluding hydrogens is 206 g/mol. The fourth-order valence-corrected chi connectivity index (χ4v) is 1.66. The molecule has 2 rings (SSSR count). The molecule has 1 unspecified atom stereocenters. The summed E-state index contributed by atoms with van der Waals surface area (Å²) in [7, 11) is 1.51. The minimum absolute atomic E-state index is 0.128. The third-order valence-electron chi connectivity index (χ3n) is 2.68. The minimum Gasteiger partial charge on any atom is -0.301 e. The van der Waals surface area contributed by atoms with Crippen LogP contribution in [0.4, 0.5) is 0 Å². The van der Waals surface area contributed by atoms with Gasteiger partial charge in [-0.1, -0.05) is 0 Å². The van der Waals surface area contributed by atoms with E-state index in [0.29, 0.717) is 6.54 Å². The Kier molecular flexibility index (Phi) is 2.96. The number of carbonyl (C=O) groups is 2. The Morgan fingerprint density at radius 1 is 1.44 bits per heavy atom. The van der Waals surface area contributed by atoms with Gasteiger partial charge in [0.2, 0.25) is 11.8 Å². The molecule has 84 valence electrons. The van der Waals surface area contributed by atoms with Crippen LogP contribution in [0, 0.1) is 0 Å². The number of nitrogens with one attached hydrogen (secondary N) is 1. The van der Waals surface area contributed by atoms with Crippen molar-refractivity contribution in [3.8, 4) is 0 Å². The van der Waals surface area contributed by atoms with Crippen LogP contribution in [0.5, 0.6) is 0 Å². The van der Waals surface area contributed by atoms with Crippen molar-refractivity contribution in [3.05, 3.63) is 30.1 Å². The number of likely N-dealkylation sites (N-methyl/N-ethyl adjacent to an activating group) is 1. The van der Waals surface area contributed by atoms with Crippen molar-refractivity contribution in [2.24, 2.45) is 0 Å². The molecule has 1 fully saturated rings. The monoisotopic (exact) mass is 219 g/mol. The van der Waals surface area contributed by atoms with E-state index < -0.39 is 0 Å². The van der Waals surface area contributed by atoms with Gasteiger partial charge in [0.15, 0.2) is 0 Å². The molecule has 1 atom stereocenters. The summed E-state index contributed by atoms with van der Waals surface area (Å²) in [6, 6.07) is 3.36. The Morgan fingerprint density at radius 3 is 2.69 bits per heavy atom. The van der Waals surface area contributed by atoms with Crippen molar-refractivity contribution < 1.29 is 9.59 Å². The first-order valence-electron chi connectivity index (χ1n) is 5.11. The Morgan fingerprint density at radius 2 is 2.12 bits per heavy atom. The Balaban J connectivity index is 1.92. The summed E-state index contributed by atoms with van der Waals surface area (Å²) in [4.78, 5) is 27.9. The van der Waals surface area contributed by atoms with Gasteiger partial charge in [-0.3, -0.25) is 19.5 Å². The standard InChI is InChI=1S/C11H13N3O2/c1-14-10(15)6-9(11(14)16)13-7-8-2-4-12-5-3-8/h2-5,9,13H,6-7H2,1H3. The lowest BCUT2D eigenvalue weighted by Crippen LogP contribution is -2.36. The SMILES string of the molecule is CN1C(=O)CC(NCc2ccncc2)C1=O. The summed E-state index contributed by atoms with van der Waals surface area (Å²) < 4.78 is 0. The molecule has 1 N–H and O–H groups in total. The van der Waals surface area contributed by atoms with Gasteiger partial charge >= 0.3 is 0 Å². The van der Waals surface area contributed by atoms with Gasteiger partial charge in [0, 0.05) is 26.0 Å². The van der Waals surface area contributed by atoms with Crippen LogP contribution < -0.4 is 5.32 Å². The molecule has 1 aromatic rings. The van der Waals surface area contributed by atoms with Crippen molar-refractivity contribution in [1.82, 2.24) is 15.2 Å².